The Morgan fingerprint density at radius 3 is 1.60 bits per heavy atom. The van der Waals surface area contributed by atoms with Crippen LogP contribution in [0.1, 0.15) is 0 Å². The SMILES string of the molecule is c1ccc(-c2ccc3c(c2)Oc2cc(-c4cccc5ccccc45)cc4c2N3c2ccc(-c3ccccc3-c3cc5ccccc5c5ccccc35)cc2O4)cc1. The highest BCUT2D eigenvalue weighted by Crippen LogP contribution is 2.61. The van der Waals surface area contributed by atoms with E-state index in [2.05, 4.69) is 199 Å². The lowest BCUT2D eigenvalue weighted by molar-refractivity contribution is 0.446. The number of anilines is 3. The number of rotatable bonds is 4. The van der Waals surface area contributed by atoms with Crippen molar-refractivity contribution < 1.29 is 9.47 Å². The summed E-state index contributed by atoms with van der Waals surface area (Å²) < 4.78 is 13.9. The zero-order valence-electron chi connectivity index (χ0n) is 30.8. The lowest BCUT2D eigenvalue weighted by Gasteiger charge is -2.38. The molecule has 10 aromatic carbocycles. The number of ether oxygens (including phenoxy) is 2. The molecule has 3 heteroatoms. The van der Waals surface area contributed by atoms with Crippen LogP contribution in [-0.4, -0.2) is 0 Å². The fraction of sp³-hybridized carbons (Fsp3) is 0. The average molecular weight is 728 g/mol. The third-order valence-corrected chi connectivity index (χ3v) is 11.6. The number of hydrogen-bond acceptors (Lipinski definition) is 3. The molecule has 0 bridgehead atoms. The Bertz CT molecular complexity index is 3250. The van der Waals surface area contributed by atoms with Gasteiger partial charge in [-0.2, -0.15) is 0 Å². The molecule has 0 saturated heterocycles. The van der Waals surface area contributed by atoms with E-state index in [0.29, 0.717) is 0 Å². The van der Waals surface area contributed by atoms with Gasteiger partial charge in [0.2, 0.25) is 0 Å². The second-order valence-electron chi connectivity index (χ2n) is 14.9. The molecule has 0 aromatic heterocycles. The molecule has 0 radical (unpaired) electrons. The second-order valence-corrected chi connectivity index (χ2v) is 14.9. The molecule has 3 nitrogen and oxygen atoms in total. The molecule has 0 amide bonds. The summed E-state index contributed by atoms with van der Waals surface area (Å²) in [6.07, 6.45) is 0. The van der Waals surface area contributed by atoms with Crippen LogP contribution in [0.3, 0.4) is 0 Å². The summed E-state index contributed by atoms with van der Waals surface area (Å²) in [5.74, 6) is 3.11. The zero-order valence-corrected chi connectivity index (χ0v) is 30.8. The molecule has 0 unspecified atom stereocenters. The van der Waals surface area contributed by atoms with Crippen molar-refractivity contribution in [2.45, 2.75) is 0 Å². The van der Waals surface area contributed by atoms with Crippen LogP contribution in [0.4, 0.5) is 17.1 Å². The predicted octanol–water partition coefficient (Wildman–Crippen LogP) is 15.5. The van der Waals surface area contributed by atoms with E-state index in [9.17, 15) is 0 Å². The molecule has 266 valence electrons. The lowest BCUT2D eigenvalue weighted by Crippen LogP contribution is -2.20. The summed E-state index contributed by atoms with van der Waals surface area (Å²) in [7, 11) is 0. The Morgan fingerprint density at radius 2 is 0.825 bits per heavy atom. The molecular weight excluding hydrogens is 695 g/mol. The molecule has 57 heavy (non-hydrogen) atoms. The third kappa shape index (κ3) is 4.99. The van der Waals surface area contributed by atoms with E-state index < -0.39 is 0 Å². The van der Waals surface area contributed by atoms with Gasteiger partial charge in [-0.05, 0) is 119 Å². The van der Waals surface area contributed by atoms with E-state index in [1.165, 1.54) is 43.4 Å². The molecule has 0 N–H and O–H groups in total. The first-order valence-electron chi connectivity index (χ1n) is 19.4. The standard InChI is InChI=1S/C54H33NO2/c1-2-13-34(14-3-1)36-25-27-48-50(30-36)56-52-32-39(43-24-12-17-35-15-4-6-18-40(35)43)33-53-54(52)55(48)49-28-26-38(31-51(49)57-53)42-20-8-9-22-45(42)47-29-37-16-5-7-19-41(37)44-21-10-11-23-46(44)47/h1-33H. The summed E-state index contributed by atoms with van der Waals surface area (Å²) >= 11 is 0. The first-order valence-corrected chi connectivity index (χ1v) is 19.4. The van der Waals surface area contributed by atoms with E-state index in [4.69, 9.17) is 9.47 Å². The topological polar surface area (TPSA) is 21.7 Å². The second kappa shape index (κ2) is 12.5. The van der Waals surface area contributed by atoms with Crippen molar-refractivity contribution in [3.8, 4) is 67.5 Å². The van der Waals surface area contributed by atoms with Crippen LogP contribution < -0.4 is 14.4 Å². The lowest BCUT2D eigenvalue weighted by atomic mass is 9.89. The smallest absolute Gasteiger partial charge is 0.156 e. The molecular formula is C54H33NO2. The summed E-state index contributed by atoms with van der Waals surface area (Å²) in [4.78, 5) is 2.32. The Hall–Kier alpha value is -7.62. The number of fused-ring (bicyclic) bond motifs is 8. The van der Waals surface area contributed by atoms with Crippen molar-refractivity contribution >= 4 is 49.4 Å². The maximum atomic E-state index is 7.02. The van der Waals surface area contributed by atoms with Crippen LogP contribution in [0.5, 0.6) is 23.0 Å². The number of benzene rings is 10. The largest absolute Gasteiger partial charge is 0.453 e. The van der Waals surface area contributed by atoms with Gasteiger partial charge in [0.1, 0.15) is 5.69 Å². The quantitative estimate of drug-likeness (QED) is 0.169. The van der Waals surface area contributed by atoms with Crippen molar-refractivity contribution in [1.29, 1.82) is 0 Å². The predicted molar refractivity (Wildman–Crippen MR) is 236 cm³/mol. The summed E-state index contributed by atoms with van der Waals surface area (Å²) in [5.41, 5.74) is 11.9. The van der Waals surface area contributed by atoms with E-state index in [-0.39, 0.29) is 0 Å². The normalized spacial score (nSPS) is 12.5. The van der Waals surface area contributed by atoms with Gasteiger partial charge >= 0.3 is 0 Å². The minimum absolute atomic E-state index is 0.756. The Balaban J connectivity index is 1.05. The molecule has 0 atom stereocenters. The first kappa shape index (κ1) is 31.7. The molecule has 12 rings (SSSR count). The van der Waals surface area contributed by atoms with E-state index in [1.54, 1.807) is 0 Å². The average Bonchev–Trinajstić information content (AvgIpc) is 3.28. The first-order chi connectivity index (χ1) is 28.2. The molecule has 2 aliphatic heterocycles. The van der Waals surface area contributed by atoms with Gasteiger partial charge in [0.15, 0.2) is 23.0 Å². The van der Waals surface area contributed by atoms with Crippen LogP contribution in [0.2, 0.25) is 0 Å². The van der Waals surface area contributed by atoms with Crippen LogP contribution in [0, 0.1) is 0 Å². The van der Waals surface area contributed by atoms with Gasteiger partial charge in [-0.25, -0.2) is 0 Å². The van der Waals surface area contributed by atoms with Crippen LogP contribution >= 0.6 is 0 Å². The molecule has 0 spiro atoms. The van der Waals surface area contributed by atoms with Gasteiger partial charge in [-0.3, -0.25) is 4.90 Å². The number of hydrogen-bond donors (Lipinski definition) is 0. The van der Waals surface area contributed by atoms with E-state index >= 15 is 0 Å². The fourth-order valence-corrected chi connectivity index (χ4v) is 8.98. The maximum Gasteiger partial charge on any atom is 0.156 e. The minimum atomic E-state index is 0.756. The Morgan fingerprint density at radius 1 is 0.281 bits per heavy atom. The van der Waals surface area contributed by atoms with Gasteiger partial charge in [-0.15, -0.1) is 0 Å². The molecule has 0 aliphatic carbocycles. The Labute approximate surface area is 330 Å². The molecule has 0 saturated carbocycles. The number of nitrogens with zero attached hydrogens (tertiary/aromatic N) is 1. The summed E-state index contributed by atoms with van der Waals surface area (Å²) in [6, 6.07) is 71.4. The van der Waals surface area contributed by atoms with Crippen molar-refractivity contribution in [2.75, 3.05) is 4.90 Å². The third-order valence-electron chi connectivity index (χ3n) is 11.6. The molecule has 2 heterocycles. The molecule has 0 fully saturated rings. The van der Waals surface area contributed by atoms with Gasteiger partial charge in [0.25, 0.3) is 0 Å². The van der Waals surface area contributed by atoms with Crippen LogP contribution in [0.15, 0.2) is 200 Å². The fourth-order valence-electron chi connectivity index (χ4n) is 8.98. The van der Waals surface area contributed by atoms with Gasteiger partial charge in [0, 0.05) is 0 Å². The minimum Gasteiger partial charge on any atom is -0.453 e. The van der Waals surface area contributed by atoms with Crippen molar-refractivity contribution in [1.82, 2.24) is 0 Å². The van der Waals surface area contributed by atoms with Gasteiger partial charge < -0.3 is 9.47 Å². The van der Waals surface area contributed by atoms with E-state index in [1.807, 2.05) is 6.07 Å². The summed E-state index contributed by atoms with van der Waals surface area (Å²) in [5, 5.41) is 7.35. The van der Waals surface area contributed by atoms with Gasteiger partial charge in [0.05, 0.1) is 11.4 Å². The highest BCUT2D eigenvalue weighted by atomic mass is 16.5. The zero-order chi connectivity index (χ0) is 37.5. The highest BCUT2D eigenvalue weighted by Gasteiger charge is 2.36. The van der Waals surface area contributed by atoms with E-state index in [0.717, 1.165) is 73.4 Å². The summed E-state index contributed by atoms with van der Waals surface area (Å²) in [6.45, 7) is 0. The Kier molecular flexibility index (Phi) is 6.93. The van der Waals surface area contributed by atoms with Gasteiger partial charge in [-0.1, -0.05) is 158 Å². The molecule has 10 aromatic rings. The highest BCUT2D eigenvalue weighted by molar-refractivity contribution is 6.15. The monoisotopic (exact) mass is 727 g/mol. The van der Waals surface area contributed by atoms with Crippen molar-refractivity contribution in [2.24, 2.45) is 0 Å². The molecule has 2 aliphatic rings. The van der Waals surface area contributed by atoms with Crippen LogP contribution in [-0.2, 0) is 0 Å². The van der Waals surface area contributed by atoms with Crippen molar-refractivity contribution in [3.05, 3.63) is 200 Å². The van der Waals surface area contributed by atoms with Crippen molar-refractivity contribution in [3.63, 3.8) is 0 Å². The maximum absolute atomic E-state index is 7.02. The van der Waals surface area contributed by atoms with Crippen LogP contribution in [0.25, 0.3) is 76.8 Å².